The van der Waals surface area contributed by atoms with Crippen molar-refractivity contribution >= 4 is 0 Å². The number of benzene rings is 1. The molecule has 1 aromatic rings. The highest BCUT2D eigenvalue weighted by Gasteiger charge is 2.64. The Labute approximate surface area is 138 Å². The van der Waals surface area contributed by atoms with Gasteiger partial charge < -0.3 is 15.3 Å². The van der Waals surface area contributed by atoms with Gasteiger partial charge in [-0.15, -0.1) is 0 Å². The van der Waals surface area contributed by atoms with E-state index in [1.807, 2.05) is 26.0 Å². The van der Waals surface area contributed by atoms with Crippen molar-refractivity contribution < 1.29 is 15.3 Å². The predicted molar refractivity (Wildman–Crippen MR) is 89.4 cm³/mol. The molecule has 3 aliphatic rings. The summed E-state index contributed by atoms with van der Waals surface area (Å²) in [6.45, 7) is 6.09. The van der Waals surface area contributed by atoms with Crippen molar-refractivity contribution in [3.63, 3.8) is 0 Å². The molecule has 4 rings (SSSR count). The first-order valence-corrected chi connectivity index (χ1v) is 8.92. The van der Waals surface area contributed by atoms with Gasteiger partial charge in [-0.2, -0.15) is 0 Å². The van der Waals surface area contributed by atoms with E-state index in [0.29, 0.717) is 24.0 Å². The predicted octanol–water partition coefficient (Wildman–Crippen LogP) is 3.36. The van der Waals surface area contributed by atoms with E-state index < -0.39 is 11.2 Å². The van der Waals surface area contributed by atoms with Crippen LogP contribution in [-0.4, -0.2) is 26.5 Å². The molecule has 0 saturated heterocycles. The van der Waals surface area contributed by atoms with Gasteiger partial charge >= 0.3 is 0 Å². The zero-order chi connectivity index (χ0) is 16.6. The summed E-state index contributed by atoms with van der Waals surface area (Å²) in [4.78, 5) is 0. The van der Waals surface area contributed by atoms with Crippen LogP contribution in [0.3, 0.4) is 0 Å². The van der Waals surface area contributed by atoms with Crippen LogP contribution in [0.15, 0.2) is 18.2 Å². The molecule has 2 fully saturated rings. The SMILES string of the molecule is C[C@]1(O)C[C@@]2(C)C(CC[C@]2(C)O)C2CCc3cc(O)ccc3C21. The van der Waals surface area contributed by atoms with Gasteiger partial charge in [0, 0.05) is 11.3 Å². The van der Waals surface area contributed by atoms with Gasteiger partial charge in [0.1, 0.15) is 5.75 Å². The largest absolute Gasteiger partial charge is 0.508 e. The fourth-order valence-electron chi connectivity index (χ4n) is 6.36. The molecule has 3 nitrogen and oxygen atoms in total. The van der Waals surface area contributed by atoms with E-state index in [4.69, 9.17) is 0 Å². The summed E-state index contributed by atoms with van der Waals surface area (Å²) in [5, 5.41) is 32.1. The molecule has 0 aromatic heterocycles. The van der Waals surface area contributed by atoms with E-state index in [9.17, 15) is 15.3 Å². The van der Waals surface area contributed by atoms with Crippen LogP contribution in [0.2, 0.25) is 0 Å². The van der Waals surface area contributed by atoms with E-state index in [-0.39, 0.29) is 11.3 Å². The Balaban J connectivity index is 1.83. The molecule has 0 bridgehead atoms. The monoisotopic (exact) mass is 316 g/mol. The van der Waals surface area contributed by atoms with Crippen LogP contribution in [0.25, 0.3) is 0 Å². The fraction of sp³-hybridized carbons (Fsp3) is 0.700. The maximum Gasteiger partial charge on any atom is 0.115 e. The number of phenols is 1. The van der Waals surface area contributed by atoms with Crippen LogP contribution in [0.5, 0.6) is 5.75 Å². The van der Waals surface area contributed by atoms with Crippen molar-refractivity contribution in [1.29, 1.82) is 0 Å². The number of aromatic hydroxyl groups is 1. The van der Waals surface area contributed by atoms with Crippen molar-refractivity contribution in [2.45, 2.75) is 70.0 Å². The summed E-state index contributed by atoms with van der Waals surface area (Å²) in [6, 6.07) is 5.61. The molecule has 3 aliphatic carbocycles. The first-order valence-electron chi connectivity index (χ1n) is 8.92. The summed E-state index contributed by atoms with van der Waals surface area (Å²) < 4.78 is 0. The van der Waals surface area contributed by atoms with Gasteiger partial charge in [-0.05, 0) is 81.0 Å². The van der Waals surface area contributed by atoms with E-state index >= 15 is 0 Å². The van der Waals surface area contributed by atoms with E-state index in [2.05, 4.69) is 6.92 Å². The van der Waals surface area contributed by atoms with Crippen molar-refractivity contribution in [2.24, 2.45) is 17.3 Å². The highest BCUT2D eigenvalue weighted by Crippen LogP contribution is 2.66. The summed E-state index contributed by atoms with van der Waals surface area (Å²) in [7, 11) is 0. The maximum absolute atomic E-state index is 11.4. The Morgan fingerprint density at radius 2 is 1.83 bits per heavy atom. The smallest absolute Gasteiger partial charge is 0.115 e. The molecule has 0 amide bonds. The Bertz CT molecular complexity index is 648. The van der Waals surface area contributed by atoms with Gasteiger partial charge in [-0.1, -0.05) is 13.0 Å². The summed E-state index contributed by atoms with van der Waals surface area (Å²) in [5.74, 6) is 1.30. The summed E-state index contributed by atoms with van der Waals surface area (Å²) in [5.41, 5.74) is 0.655. The fourth-order valence-corrected chi connectivity index (χ4v) is 6.36. The maximum atomic E-state index is 11.4. The number of rotatable bonds is 0. The molecule has 0 aliphatic heterocycles. The second kappa shape index (κ2) is 4.52. The third kappa shape index (κ3) is 1.96. The molecule has 126 valence electrons. The second-order valence-corrected chi connectivity index (χ2v) is 8.93. The van der Waals surface area contributed by atoms with E-state index in [0.717, 1.165) is 25.7 Å². The quantitative estimate of drug-likeness (QED) is 0.688. The molecule has 23 heavy (non-hydrogen) atoms. The molecule has 0 radical (unpaired) electrons. The van der Waals surface area contributed by atoms with Crippen molar-refractivity contribution in [1.82, 2.24) is 0 Å². The molecule has 0 heterocycles. The molecule has 3 N–H and O–H groups in total. The van der Waals surface area contributed by atoms with Crippen LogP contribution in [0.1, 0.15) is 63.5 Å². The lowest BCUT2D eigenvalue weighted by Gasteiger charge is -2.58. The van der Waals surface area contributed by atoms with Gasteiger partial charge in [-0.25, -0.2) is 0 Å². The number of fused-ring (bicyclic) bond motifs is 5. The highest BCUT2D eigenvalue weighted by molar-refractivity contribution is 5.42. The van der Waals surface area contributed by atoms with Crippen LogP contribution in [0, 0.1) is 17.3 Å². The van der Waals surface area contributed by atoms with Gasteiger partial charge in [0.2, 0.25) is 0 Å². The molecule has 3 unspecified atom stereocenters. The third-order valence-corrected chi connectivity index (χ3v) is 7.54. The zero-order valence-electron chi connectivity index (χ0n) is 14.3. The average Bonchev–Trinajstić information content (AvgIpc) is 2.67. The Kier molecular flexibility index (Phi) is 3.04. The number of aryl methyl sites for hydroxylation is 1. The van der Waals surface area contributed by atoms with Gasteiger partial charge in [0.25, 0.3) is 0 Å². The first-order chi connectivity index (χ1) is 10.7. The minimum absolute atomic E-state index is 0.110. The summed E-state index contributed by atoms with van der Waals surface area (Å²) in [6.07, 6.45) is 4.51. The standard InChI is InChI=1S/C20H28O3/c1-18-11-19(2,22)17-14-7-5-13(21)10-12(14)4-6-15(17)16(18)8-9-20(18,3)23/h5,7,10,15-17,21-23H,4,6,8-9,11H2,1-3H3/t15?,16?,17?,18-,19-,20-/m0/s1. The number of hydrogen-bond acceptors (Lipinski definition) is 3. The normalized spacial score (nSPS) is 48.5. The molecular formula is C20H28O3. The average molecular weight is 316 g/mol. The van der Waals surface area contributed by atoms with Crippen LogP contribution < -0.4 is 0 Å². The lowest BCUT2D eigenvalue weighted by atomic mass is 9.49. The number of phenolic OH excluding ortho intramolecular Hbond substituents is 1. The Morgan fingerprint density at radius 1 is 1.09 bits per heavy atom. The number of hydrogen-bond donors (Lipinski definition) is 3. The van der Waals surface area contributed by atoms with E-state index in [1.54, 1.807) is 6.07 Å². The van der Waals surface area contributed by atoms with Gasteiger partial charge in [0.15, 0.2) is 0 Å². The molecule has 0 spiro atoms. The van der Waals surface area contributed by atoms with Crippen molar-refractivity contribution in [3.05, 3.63) is 29.3 Å². The lowest BCUT2D eigenvalue weighted by molar-refractivity contribution is -0.160. The molecule has 3 heteroatoms. The van der Waals surface area contributed by atoms with Crippen molar-refractivity contribution in [3.8, 4) is 5.75 Å². The molecule has 2 saturated carbocycles. The van der Waals surface area contributed by atoms with Crippen LogP contribution in [-0.2, 0) is 6.42 Å². The zero-order valence-corrected chi connectivity index (χ0v) is 14.3. The highest BCUT2D eigenvalue weighted by atomic mass is 16.3. The van der Waals surface area contributed by atoms with Crippen LogP contribution >= 0.6 is 0 Å². The third-order valence-electron chi connectivity index (χ3n) is 7.54. The second-order valence-electron chi connectivity index (χ2n) is 8.93. The van der Waals surface area contributed by atoms with Gasteiger partial charge in [0.05, 0.1) is 11.2 Å². The van der Waals surface area contributed by atoms with Gasteiger partial charge in [-0.3, -0.25) is 0 Å². The molecule has 1 aromatic carbocycles. The molecule has 6 atom stereocenters. The molecular weight excluding hydrogens is 288 g/mol. The Hall–Kier alpha value is -1.06. The Morgan fingerprint density at radius 3 is 2.57 bits per heavy atom. The topological polar surface area (TPSA) is 60.7 Å². The summed E-state index contributed by atoms with van der Waals surface area (Å²) >= 11 is 0. The number of aliphatic hydroxyl groups is 2. The van der Waals surface area contributed by atoms with Crippen molar-refractivity contribution in [2.75, 3.05) is 0 Å². The van der Waals surface area contributed by atoms with E-state index in [1.165, 1.54) is 11.1 Å². The lowest BCUT2D eigenvalue weighted by Crippen LogP contribution is -2.58. The van der Waals surface area contributed by atoms with Crippen LogP contribution in [0.4, 0.5) is 0 Å². The minimum atomic E-state index is -0.823. The minimum Gasteiger partial charge on any atom is -0.508 e. The first kappa shape index (κ1) is 15.5.